The molecule has 1 N–H and O–H groups in total. The van der Waals surface area contributed by atoms with Crippen LogP contribution in [0.1, 0.15) is 78.6 Å². The van der Waals surface area contributed by atoms with Gasteiger partial charge in [0.1, 0.15) is 0 Å². The molecule has 0 radical (unpaired) electrons. The lowest BCUT2D eigenvalue weighted by atomic mass is 9.94. The third kappa shape index (κ3) is 3.92. The van der Waals surface area contributed by atoms with Crippen LogP contribution in [0.2, 0.25) is 0 Å². The molecule has 148 valence electrons. The highest BCUT2D eigenvalue weighted by atomic mass is 16.2. The van der Waals surface area contributed by atoms with Crippen LogP contribution >= 0.6 is 0 Å². The lowest BCUT2D eigenvalue weighted by Gasteiger charge is -2.45. The van der Waals surface area contributed by atoms with Gasteiger partial charge in [-0.2, -0.15) is 0 Å². The second kappa shape index (κ2) is 8.28. The molecule has 1 aliphatic carbocycles. The fourth-order valence-corrected chi connectivity index (χ4v) is 5.03. The summed E-state index contributed by atoms with van der Waals surface area (Å²) in [6, 6.07) is -0.0763. The van der Waals surface area contributed by atoms with Crippen LogP contribution in [0.3, 0.4) is 0 Å². The zero-order chi connectivity index (χ0) is 18.7. The summed E-state index contributed by atoms with van der Waals surface area (Å²) in [5, 5.41) is 3.69. The van der Waals surface area contributed by atoms with Crippen molar-refractivity contribution in [1.29, 1.82) is 0 Å². The molecule has 1 spiro atoms. The molecular formula is C21H37N3O2. The first kappa shape index (κ1) is 19.7. The van der Waals surface area contributed by atoms with Crippen molar-refractivity contribution in [2.24, 2.45) is 11.8 Å². The zero-order valence-electron chi connectivity index (χ0n) is 16.9. The number of unbranched alkanes of at least 4 members (excludes halogenated alkanes) is 1. The highest BCUT2D eigenvalue weighted by Gasteiger charge is 2.52. The number of piperidine rings is 1. The standard InChI is InChI=1S/C21H37N3O2/c1-4-5-12-24-20(26)19(16(2)3)22-21(24)10-13-23(14-11-21)18(25)15-17-8-6-7-9-17/h16-17,19,22H,4-15H2,1-3H3. The Bertz CT molecular complexity index is 505. The summed E-state index contributed by atoms with van der Waals surface area (Å²) in [5.41, 5.74) is -0.231. The Morgan fingerprint density at radius 3 is 2.46 bits per heavy atom. The molecule has 1 saturated carbocycles. The van der Waals surface area contributed by atoms with Crippen LogP contribution in [-0.4, -0.2) is 53.0 Å². The molecule has 5 heteroatoms. The molecule has 5 nitrogen and oxygen atoms in total. The molecule has 3 aliphatic rings. The van der Waals surface area contributed by atoms with Gasteiger partial charge in [0.15, 0.2) is 0 Å². The van der Waals surface area contributed by atoms with Crippen LogP contribution in [-0.2, 0) is 9.59 Å². The SMILES string of the molecule is CCCCN1C(=O)C(C(C)C)NC12CCN(C(=O)CC1CCCC1)CC2. The largest absolute Gasteiger partial charge is 0.342 e. The molecule has 3 fully saturated rings. The lowest BCUT2D eigenvalue weighted by molar-refractivity contribution is -0.137. The summed E-state index contributed by atoms with van der Waals surface area (Å²) >= 11 is 0. The average molecular weight is 364 g/mol. The maximum absolute atomic E-state index is 13.0. The van der Waals surface area contributed by atoms with Gasteiger partial charge in [0.2, 0.25) is 11.8 Å². The van der Waals surface area contributed by atoms with E-state index in [4.69, 9.17) is 0 Å². The number of likely N-dealkylation sites (tertiary alicyclic amines) is 1. The molecule has 2 aliphatic heterocycles. The molecule has 0 aromatic rings. The van der Waals surface area contributed by atoms with E-state index in [1.54, 1.807) is 0 Å². The number of carbonyl (C=O) groups is 2. The van der Waals surface area contributed by atoms with Crippen LogP contribution < -0.4 is 5.32 Å². The van der Waals surface area contributed by atoms with E-state index in [-0.39, 0.29) is 17.6 Å². The quantitative estimate of drug-likeness (QED) is 0.789. The Balaban J connectivity index is 1.62. The number of rotatable bonds is 6. The van der Waals surface area contributed by atoms with Crippen LogP contribution in [0.15, 0.2) is 0 Å². The Labute approximate surface area is 158 Å². The van der Waals surface area contributed by atoms with E-state index >= 15 is 0 Å². The number of amides is 2. The number of nitrogens with zero attached hydrogens (tertiary/aromatic N) is 2. The number of hydrogen-bond acceptors (Lipinski definition) is 3. The molecule has 26 heavy (non-hydrogen) atoms. The van der Waals surface area contributed by atoms with Crippen LogP contribution in [0, 0.1) is 11.8 Å². The highest BCUT2D eigenvalue weighted by molar-refractivity contribution is 5.85. The third-order valence-electron chi connectivity index (χ3n) is 6.76. The van der Waals surface area contributed by atoms with Crippen molar-refractivity contribution in [3.05, 3.63) is 0 Å². The van der Waals surface area contributed by atoms with Crippen molar-refractivity contribution in [2.75, 3.05) is 19.6 Å². The lowest BCUT2D eigenvalue weighted by Crippen LogP contribution is -2.60. The van der Waals surface area contributed by atoms with Crippen molar-refractivity contribution in [3.63, 3.8) is 0 Å². The van der Waals surface area contributed by atoms with Gasteiger partial charge in [-0.05, 0) is 31.1 Å². The van der Waals surface area contributed by atoms with Gasteiger partial charge in [-0.15, -0.1) is 0 Å². The summed E-state index contributed by atoms with van der Waals surface area (Å²) in [5.74, 6) is 1.50. The van der Waals surface area contributed by atoms with Crippen LogP contribution in [0.25, 0.3) is 0 Å². The molecule has 1 unspecified atom stereocenters. The number of hydrogen-bond donors (Lipinski definition) is 1. The smallest absolute Gasteiger partial charge is 0.241 e. The minimum absolute atomic E-state index is 0.0763. The molecule has 2 heterocycles. The topological polar surface area (TPSA) is 52.7 Å². The number of nitrogens with one attached hydrogen (secondary N) is 1. The Hall–Kier alpha value is -1.10. The molecule has 0 aromatic heterocycles. The van der Waals surface area contributed by atoms with Gasteiger partial charge in [0.05, 0.1) is 11.7 Å². The summed E-state index contributed by atoms with van der Waals surface area (Å²) in [7, 11) is 0. The molecule has 0 aromatic carbocycles. The predicted molar refractivity (Wildman–Crippen MR) is 104 cm³/mol. The highest BCUT2D eigenvalue weighted by Crippen LogP contribution is 2.35. The molecule has 2 amide bonds. The summed E-state index contributed by atoms with van der Waals surface area (Å²) in [6.07, 6.45) is 9.62. The second-order valence-electron chi connectivity index (χ2n) is 8.98. The van der Waals surface area contributed by atoms with Crippen molar-refractivity contribution in [3.8, 4) is 0 Å². The molecule has 1 atom stereocenters. The maximum atomic E-state index is 13.0. The van der Waals surface area contributed by atoms with Gasteiger partial charge in [0.25, 0.3) is 0 Å². The van der Waals surface area contributed by atoms with Gasteiger partial charge in [-0.25, -0.2) is 0 Å². The predicted octanol–water partition coefficient (Wildman–Crippen LogP) is 3.14. The van der Waals surface area contributed by atoms with Crippen LogP contribution in [0.5, 0.6) is 0 Å². The molecule has 3 rings (SSSR count). The summed E-state index contributed by atoms with van der Waals surface area (Å²) < 4.78 is 0. The van der Waals surface area contributed by atoms with Gasteiger partial charge in [-0.3, -0.25) is 14.9 Å². The molecule has 0 bridgehead atoms. The van der Waals surface area contributed by atoms with E-state index in [1.165, 1.54) is 25.7 Å². The van der Waals surface area contributed by atoms with Gasteiger partial charge in [0, 0.05) is 38.9 Å². The summed E-state index contributed by atoms with van der Waals surface area (Å²) in [6.45, 7) is 8.80. The van der Waals surface area contributed by atoms with E-state index in [2.05, 4.69) is 35.9 Å². The number of carbonyl (C=O) groups excluding carboxylic acids is 2. The van der Waals surface area contributed by atoms with E-state index in [0.29, 0.717) is 17.7 Å². The Morgan fingerprint density at radius 2 is 1.88 bits per heavy atom. The van der Waals surface area contributed by atoms with Crippen molar-refractivity contribution in [2.45, 2.75) is 90.3 Å². The fraction of sp³-hybridized carbons (Fsp3) is 0.905. The van der Waals surface area contributed by atoms with E-state index in [1.807, 2.05) is 0 Å². The van der Waals surface area contributed by atoms with Crippen molar-refractivity contribution in [1.82, 2.24) is 15.1 Å². The first-order valence-corrected chi connectivity index (χ1v) is 10.8. The Morgan fingerprint density at radius 1 is 1.23 bits per heavy atom. The van der Waals surface area contributed by atoms with E-state index < -0.39 is 0 Å². The maximum Gasteiger partial charge on any atom is 0.241 e. The minimum Gasteiger partial charge on any atom is -0.342 e. The zero-order valence-corrected chi connectivity index (χ0v) is 16.9. The summed E-state index contributed by atoms with van der Waals surface area (Å²) in [4.78, 5) is 29.8. The fourth-order valence-electron chi connectivity index (χ4n) is 5.03. The van der Waals surface area contributed by atoms with E-state index in [9.17, 15) is 9.59 Å². The van der Waals surface area contributed by atoms with Gasteiger partial charge >= 0.3 is 0 Å². The van der Waals surface area contributed by atoms with Gasteiger partial charge < -0.3 is 9.80 Å². The van der Waals surface area contributed by atoms with Gasteiger partial charge in [-0.1, -0.05) is 40.0 Å². The third-order valence-corrected chi connectivity index (χ3v) is 6.76. The second-order valence-corrected chi connectivity index (χ2v) is 8.98. The van der Waals surface area contributed by atoms with E-state index in [0.717, 1.165) is 51.7 Å². The first-order valence-electron chi connectivity index (χ1n) is 10.8. The Kier molecular flexibility index (Phi) is 6.26. The van der Waals surface area contributed by atoms with Crippen molar-refractivity contribution < 1.29 is 9.59 Å². The van der Waals surface area contributed by atoms with Crippen LogP contribution in [0.4, 0.5) is 0 Å². The monoisotopic (exact) mass is 363 g/mol. The minimum atomic E-state index is -0.231. The van der Waals surface area contributed by atoms with Crippen molar-refractivity contribution >= 4 is 11.8 Å². The average Bonchev–Trinajstić information content (AvgIpc) is 3.21. The normalized spacial score (nSPS) is 26.5. The molecule has 2 saturated heterocycles. The first-order chi connectivity index (χ1) is 12.5. The molecular weight excluding hydrogens is 326 g/mol.